The summed E-state index contributed by atoms with van der Waals surface area (Å²) in [6.45, 7) is 3.89. The molecule has 1 aromatic rings. The van der Waals surface area contributed by atoms with E-state index in [0.29, 0.717) is 6.42 Å². The quantitative estimate of drug-likeness (QED) is 0.839. The van der Waals surface area contributed by atoms with Crippen LogP contribution in [0.2, 0.25) is 0 Å². The second kappa shape index (κ2) is 6.65. The van der Waals surface area contributed by atoms with Gasteiger partial charge in [0.25, 0.3) is 0 Å². The monoisotopic (exact) mass is 247 g/mol. The summed E-state index contributed by atoms with van der Waals surface area (Å²) in [6.07, 6.45) is 0.438. The van der Waals surface area contributed by atoms with Gasteiger partial charge in [0.05, 0.1) is 18.1 Å². The van der Waals surface area contributed by atoms with Crippen LogP contribution in [0, 0.1) is 11.3 Å². The van der Waals surface area contributed by atoms with Crippen LogP contribution in [-0.4, -0.2) is 17.2 Å². The van der Waals surface area contributed by atoms with Gasteiger partial charge < -0.3 is 9.84 Å². The minimum Gasteiger partial charge on any atom is -0.491 e. The van der Waals surface area contributed by atoms with Crippen LogP contribution in [0.15, 0.2) is 24.3 Å². The molecule has 4 heteroatoms. The lowest BCUT2D eigenvalue weighted by atomic mass is 9.96. The molecule has 1 aromatic carbocycles. The number of benzene rings is 1. The van der Waals surface area contributed by atoms with Crippen molar-refractivity contribution in [1.29, 1.82) is 5.26 Å². The Bertz CT molecular complexity index is 431. The number of carboxylic acid groups (broad SMARTS) is 1. The summed E-state index contributed by atoms with van der Waals surface area (Å²) in [4.78, 5) is 10.5. The second-order valence-corrected chi connectivity index (χ2v) is 4.35. The van der Waals surface area contributed by atoms with Gasteiger partial charge in [-0.3, -0.25) is 4.79 Å². The predicted octanol–water partition coefficient (Wildman–Crippen LogP) is 2.95. The summed E-state index contributed by atoms with van der Waals surface area (Å²) in [5.41, 5.74) is 0.829. The minimum atomic E-state index is -0.880. The highest BCUT2D eigenvalue weighted by Crippen LogP contribution is 2.23. The van der Waals surface area contributed by atoms with Crippen LogP contribution in [0.1, 0.15) is 38.2 Å². The van der Waals surface area contributed by atoms with Gasteiger partial charge in [-0.15, -0.1) is 0 Å². The third-order valence-electron chi connectivity index (χ3n) is 2.46. The topological polar surface area (TPSA) is 70.3 Å². The van der Waals surface area contributed by atoms with Crippen LogP contribution in [0.3, 0.4) is 0 Å². The zero-order valence-electron chi connectivity index (χ0n) is 10.6. The maximum Gasteiger partial charge on any atom is 0.303 e. The Morgan fingerprint density at radius 3 is 2.44 bits per heavy atom. The molecule has 0 aliphatic heterocycles. The van der Waals surface area contributed by atoms with Crippen molar-refractivity contribution in [2.45, 2.75) is 38.7 Å². The lowest BCUT2D eigenvalue weighted by Gasteiger charge is -2.12. The molecular weight excluding hydrogens is 230 g/mol. The standard InChI is InChI=1S/C14H17NO3/c1-10(2)18-13-6-3-11(4-7-13)12(9-15)5-8-14(16)17/h3-4,6-7,10,12H,5,8H2,1-2H3,(H,16,17). The Labute approximate surface area is 107 Å². The zero-order valence-corrected chi connectivity index (χ0v) is 10.6. The first kappa shape index (κ1) is 14.0. The SMILES string of the molecule is CC(C)Oc1ccc(C(C#N)CCC(=O)O)cc1. The number of nitrogens with zero attached hydrogens (tertiary/aromatic N) is 1. The van der Waals surface area contributed by atoms with E-state index in [9.17, 15) is 4.79 Å². The summed E-state index contributed by atoms with van der Waals surface area (Å²) < 4.78 is 5.50. The van der Waals surface area contributed by atoms with E-state index in [2.05, 4.69) is 6.07 Å². The Balaban J connectivity index is 2.70. The van der Waals surface area contributed by atoms with E-state index in [1.165, 1.54) is 0 Å². The lowest BCUT2D eigenvalue weighted by Crippen LogP contribution is -2.06. The number of ether oxygens (including phenoxy) is 1. The highest BCUT2D eigenvalue weighted by molar-refractivity contribution is 5.66. The molecule has 0 amide bonds. The van der Waals surface area contributed by atoms with Gasteiger partial charge in [0.2, 0.25) is 0 Å². The maximum absolute atomic E-state index is 10.5. The molecule has 1 rings (SSSR count). The molecule has 4 nitrogen and oxygen atoms in total. The average molecular weight is 247 g/mol. The number of carbonyl (C=O) groups is 1. The van der Waals surface area contributed by atoms with Crippen molar-refractivity contribution in [3.05, 3.63) is 29.8 Å². The van der Waals surface area contributed by atoms with Gasteiger partial charge in [0.15, 0.2) is 0 Å². The van der Waals surface area contributed by atoms with Gasteiger partial charge in [0.1, 0.15) is 5.75 Å². The van der Waals surface area contributed by atoms with Gasteiger partial charge in [-0.05, 0) is 38.0 Å². The Morgan fingerprint density at radius 2 is 2.00 bits per heavy atom. The highest BCUT2D eigenvalue weighted by Gasteiger charge is 2.12. The van der Waals surface area contributed by atoms with Gasteiger partial charge >= 0.3 is 5.97 Å². The first-order valence-corrected chi connectivity index (χ1v) is 5.91. The molecule has 0 bridgehead atoms. The number of carboxylic acids is 1. The van der Waals surface area contributed by atoms with E-state index in [0.717, 1.165) is 11.3 Å². The highest BCUT2D eigenvalue weighted by atomic mass is 16.5. The molecule has 0 aliphatic carbocycles. The fourth-order valence-corrected chi connectivity index (χ4v) is 1.62. The summed E-state index contributed by atoms with van der Waals surface area (Å²) in [6, 6.07) is 9.37. The summed E-state index contributed by atoms with van der Waals surface area (Å²) in [5.74, 6) is -0.507. The molecule has 18 heavy (non-hydrogen) atoms. The zero-order chi connectivity index (χ0) is 13.5. The van der Waals surface area contributed by atoms with Crippen molar-refractivity contribution < 1.29 is 14.6 Å². The molecular formula is C14H17NO3. The van der Waals surface area contributed by atoms with Gasteiger partial charge in [-0.25, -0.2) is 0 Å². The van der Waals surface area contributed by atoms with Crippen LogP contribution >= 0.6 is 0 Å². The van der Waals surface area contributed by atoms with Crippen LogP contribution in [0.5, 0.6) is 5.75 Å². The van der Waals surface area contributed by atoms with Gasteiger partial charge in [-0.2, -0.15) is 5.26 Å². The molecule has 1 N–H and O–H groups in total. The fraction of sp³-hybridized carbons (Fsp3) is 0.429. The van der Waals surface area contributed by atoms with Crippen molar-refractivity contribution in [3.63, 3.8) is 0 Å². The van der Waals surface area contributed by atoms with Crippen molar-refractivity contribution in [2.75, 3.05) is 0 Å². The lowest BCUT2D eigenvalue weighted by molar-refractivity contribution is -0.137. The first-order valence-electron chi connectivity index (χ1n) is 5.91. The summed E-state index contributed by atoms with van der Waals surface area (Å²) in [7, 11) is 0. The van der Waals surface area contributed by atoms with Crippen molar-refractivity contribution >= 4 is 5.97 Å². The van der Waals surface area contributed by atoms with E-state index in [4.69, 9.17) is 15.1 Å². The normalized spacial score (nSPS) is 11.9. The van der Waals surface area contributed by atoms with Crippen LogP contribution in [-0.2, 0) is 4.79 Å². The van der Waals surface area contributed by atoms with E-state index in [1.807, 2.05) is 26.0 Å². The Morgan fingerprint density at radius 1 is 1.39 bits per heavy atom. The Hall–Kier alpha value is -2.02. The van der Waals surface area contributed by atoms with E-state index in [1.54, 1.807) is 12.1 Å². The number of aliphatic carboxylic acids is 1. The molecule has 0 heterocycles. The maximum atomic E-state index is 10.5. The fourth-order valence-electron chi connectivity index (χ4n) is 1.62. The van der Waals surface area contributed by atoms with E-state index < -0.39 is 5.97 Å². The average Bonchev–Trinajstić information content (AvgIpc) is 2.31. The van der Waals surface area contributed by atoms with Crippen LogP contribution < -0.4 is 4.74 Å². The summed E-state index contributed by atoms with van der Waals surface area (Å²) >= 11 is 0. The molecule has 1 unspecified atom stereocenters. The first-order chi connectivity index (χ1) is 8.52. The van der Waals surface area contributed by atoms with E-state index >= 15 is 0 Å². The van der Waals surface area contributed by atoms with Crippen LogP contribution in [0.25, 0.3) is 0 Å². The second-order valence-electron chi connectivity index (χ2n) is 4.35. The molecule has 0 saturated carbocycles. The van der Waals surface area contributed by atoms with Crippen molar-refractivity contribution in [1.82, 2.24) is 0 Å². The van der Waals surface area contributed by atoms with E-state index in [-0.39, 0.29) is 18.4 Å². The Kier molecular flexibility index (Phi) is 5.19. The van der Waals surface area contributed by atoms with Crippen LogP contribution in [0.4, 0.5) is 0 Å². The largest absolute Gasteiger partial charge is 0.491 e. The van der Waals surface area contributed by atoms with Gasteiger partial charge in [0, 0.05) is 6.42 Å². The number of rotatable bonds is 6. The van der Waals surface area contributed by atoms with Crippen molar-refractivity contribution in [2.24, 2.45) is 0 Å². The third-order valence-corrected chi connectivity index (χ3v) is 2.46. The molecule has 0 fully saturated rings. The molecule has 0 spiro atoms. The molecule has 96 valence electrons. The van der Waals surface area contributed by atoms with Gasteiger partial charge in [-0.1, -0.05) is 12.1 Å². The molecule has 0 aromatic heterocycles. The number of hydrogen-bond acceptors (Lipinski definition) is 3. The molecule has 0 aliphatic rings. The summed E-state index contributed by atoms with van der Waals surface area (Å²) in [5, 5.41) is 17.7. The molecule has 1 atom stereocenters. The molecule has 0 radical (unpaired) electrons. The van der Waals surface area contributed by atoms with Crippen molar-refractivity contribution in [3.8, 4) is 11.8 Å². The minimum absolute atomic E-state index is 0.00245. The third kappa shape index (κ3) is 4.46. The number of nitriles is 1. The molecule has 0 saturated heterocycles. The predicted molar refractivity (Wildman–Crippen MR) is 67.4 cm³/mol. The smallest absolute Gasteiger partial charge is 0.303 e. The number of hydrogen-bond donors (Lipinski definition) is 1.